The first-order valence-corrected chi connectivity index (χ1v) is 6.67. The van der Waals surface area contributed by atoms with E-state index in [0.29, 0.717) is 5.92 Å². The largest absolute Gasteiger partial charge is 0.352 e. The molecule has 0 aliphatic carbocycles. The van der Waals surface area contributed by atoms with Crippen molar-refractivity contribution in [1.82, 2.24) is 10.6 Å². The molecule has 2 aromatic rings. The van der Waals surface area contributed by atoms with Gasteiger partial charge < -0.3 is 10.6 Å². The Balaban J connectivity index is 0.00000120. The van der Waals surface area contributed by atoms with Crippen molar-refractivity contribution in [3.05, 3.63) is 35.2 Å². The van der Waals surface area contributed by atoms with Crippen LogP contribution in [0, 0.1) is 5.92 Å². The van der Waals surface area contributed by atoms with E-state index in [-0.39, 0.29) is 18.3 Å². The molecule has 2 N–H and O–H groups in total. The molecule has 1 aromatic carbocycles. The minimum absolute atomic E-state index is 0. The summed E-state index contributed by atoms with van der Waals surface area (Å²) in [5.74, 6) is 0.633. The van der Waals surface area contributed by atoms with E-state index >= 15 is 0 Å². The van der Waals surface area contributed by atoms with Crippen LogP contribution < -0.4 is 10.6 Å². The fourth-order valence-electron chi connectivity index (χ4n) is 1.94. The van der Waals surface area contributed by atoms with E-state index < -0.39 is 0 Å². The van der Waals surface area contributed by atoms with E-state index in [1.807, 2.05) is 29.6 Å². The second-order valence-corrected chi connectivity index (χ2v) is 5.36. The molecule has 0 bridgehead atoms. The molecule has 1 amide bonds. The van der Waals surface area contributed by atoms with Crippen molar-refractivity contribution < 1.29 is 4.79 Å². The Labute approximate surface area is 116 Å². The number of benzene rings is 1. The van der Waals surface area contributed by atoms with Gasteiger partial charge in [-0.05, 0) is 35.0 Å². The third-order valence-corrected chi connectivity index (χ3v) is 4.03. The number of hydrogen-bond acceptors (Lipinski definition) is 3. The molecule has 1 aliphatic heterocycles. The van der Waals surface area contributed by atoms with Crippen LogP contribution in [0.2, 0.25) is 0 Å². The number of rotatable bonds is 3. The minimum Gasteiger partial charge on any atom is -0.352 e. The zero-order valence-electron chi connectivity index (χ0n) is 9.81. The molecule has 1 aromatic heterocycles. The van der Waals surface area contributed by atoms with Crippen molar-refractivity contribution in [2.24, 2.45) is 5.92 Å². The number of carbonyl (C=O) groups excluding carboxylic acids is 1. The fraction of sp³-hybridized carbons (Fsp3) is 0.308. The van der Waals surface area contributed by atoms with Crippen LogP contribution in [0.3, 0.4) is 0 Å². The van der Waals surface area contributed by atoms with Crippen LogP contribution in [0.15, 0.2) is 29.6 Å². The smallest absolute Gasteiger partial charge is 0.251 e. The first-order chi connectivity index (χ1) is 8.33. The Morgan fingerprint density at radius 1 is 1.39 bits per heavy atom. The second kappa shape index (κ2) is 5.69. The highest BCUT2D eigenvalue weighted by Gasteiger charge is 2.17. The third-order valence-electron chi connectivity index (χ3n) is 3.13. The van der Waals surface area contributed by atoms with Crippen molar-refractivity contribution in [2.75, 3.05) is 19.6 Å². The monoisotopic (exact) mass is 282 g/mol. The van der Waals surface area contributed by atoms with Crippen LogP contribution in [0.25, 0.3) is 10.1 Å². The molecule has 0 atom stereocenters. The zero-order valence-corrected chi connectivity index (χ0v) is 11.4. The van der Waals surface area contributed by atoms with E-state index in [0.717, 1.165) is 30.6 Å². The number of nitrogens with one attached hydrogen (secondary N) is 2. The molecule has 2 heterocycles. The average Bonchev–Trinajstić information content (AvgIpc) is 2.73. The summed E-state index contributed by atoms with van der Waals surface area (Å²) >= 11 is 1.70. The quantitative estimate of drug-likeness (QED) is 0.907. The maximum absolute atomic E-state index is 11.9. The summed E-state index contributed by atoms with van der Waals surface area (Å²) < 4.78 is 1.23. The van der Waals surface area contributed by atoms with Crippen molar-refractivity contribution in [3.63, 3.8) is 0 Å². The number of hydrogen-bond donors (Lipinski definition) is 2. The molecule has 1 saturated heterocycles. The van der Waals surface area contributed by atoms with Gasteiger partial charge in [-0.2, -0.15) is 0 Å². The molecule has 0 unspecified atom stereocenters. The lowest BCUT2D eigenvalue weighted by Crippen LogP contribution is -2.48. The topological polar surface area (TPSA) is 41.1 Å². The van der Waals surface area contributed by atoms with Gasteiger partial charge in [-0.15, -0.1) is 23.7 Å². The van der Waals surface area contributed by atoms with Crippen LogP contribution in [0.4, 0.5) is 0 Å². The maximum atomic E-state index is 11.9. The molecule has 18 heavy (non-hydrogen) atoms. The minimum atomic E-state index is 0. The van der Waals surface area contributed by atoms with E-state index in [4.69, 9.17) is 0 Å². The first-order valence-electron chi connectivity index (χ1n) is 5.79. The molecule has 0 spiro atoms. The van der Waals surface area contributed by atoms with Gasteiger partial charge in [0.15, 0.2) is 0 Å². The maximum Gasteiger partial charge on any atom is 0.251 e. The Bertz CT molecular complexity index is 551. The average molecular weight is 283 g/mol. The number of fused-ring (bicyclic) bond motifs is 1. The summed E-state index contributed by atoms with van der Waals surface area (Å²) in [5, 5.41) is 9.37. The van der Waals surface area contributed by atoms with Gasteiger partial charge in [-0.25, -0.2) is 0 Å². The predicted octanol–water partition coefficient (Wildman–Crippen LogP) is 2.27. The summed E-state index contributed by atoms with van der Waals surface area (Å²) in [7, 11) is 0. The fourth-order valence-corrected chi connectivity index (χ4v) is 2.71. The molecule has 0 saturated carbocycles. The van der Waals surface area contributed by atoms with Gasteiger partial charge in [0.05, 0.1) is 0 Å². The first kappa shape index (κ1) is 13.3. The SMILES string of the molecule is Cl.O=C(NCC1CNC1)c1ccc2sccc2c1. The Morgan fingerprint density at radius 3 is 2.94 bits per heavy atom. The van der Waals surface area contributed by atoms with E-state index in [9.17, 15) is 4.79 Å². The number of halogens is 1. The zero-order chi connectivity index (χ0) is 11.7. The highest BCUT2D eigenvalue weighted by Crippen LogP contribution is 2.21. The number of thiophene rings is 1. The summed E-state index contributed by atoms with van der Waals surface area (Å²) in [4.78, 5) is 11.9. The number of amides is 1. The summed E-state index contributed by atoms with van der Waals surface area (Å²) in [6.07, 6.45) is 0. The van der Waals surface area contributed by atoms with Gasteiger partial charge in [0.25, 0.3) is 5.91 Å². The van der Waals surface area contributed by atoms with Crippen LogP contribution in [0.1, 0.15) is 10.4 Å². The molecule has 5 heteroatoms. The molecular formula is C13H15ClN2OS. The van der Waals surface area contributed by atoms with Crippen molar-refractivity contribution in [1.29, 1.82) is 0 Å². The molecule has 3 rings (SSSR count). The molecule has 3 nitrogen and oxygen atoms in total. The lowest BCUT2D eigenvalue weighted by molar-refractivity contribution is 0.0942. The summed E-state index contributed by atoms with van der Waals surface area (Å²) in [6.45, 7) is 2.81. The van der Waals surface area contributed by atoms with Gasteiger partial charge in [0, 0.05) is 35.8 Å². The number of carbonyl (C=O) groups is 1. The Kier molecular flexibility index (Phi) is 4.22. The Morgan fingerprint density at radius 2 is 2.22 bits per heavy atom. The van der Waals surface area contributed by atoms with E-state index in [2.05, 4.69) is 10.6 Å². The highest BCUT2D eigenvalue weighted by atomic mass is 35.5. The predicted molar refractivity (Wildman–Crippen MR) is 77.8 cm³/mol. The van der Waals surface area contributed by atoms with Gasteiger partial charge in [-0.3, -0.25) is 4.79 Å². The van der Waals surface area contributed by atoms with Gasteiger partial charge in [-0.1, -0.05) is 0 Å². The normalized spacial score (nSPS) is 14.9. The lowest BCUT2D eigenvalue weighted by atomic mass is 10.0. The molecular weight excluding hydrogens is 268 g/mol. The third kappa shape index (κ3) is 2.66. The summed E-state index contributed by atoms with van der Waals surface area (Å²) in [5.41, 5.74) is 0.753. The molecule has 1 aliphatic rings. The van der Waals surface area contributed by atoms with E-state index in [1.165, 1.54) is 4.70 Å². The standard InChI is InChI=1S/C13H14N2OS.ClH/c16-13(15-8-9-6-14-7-9)11-1-2-12-10(5-11)3-4-17-12;/h1-5,9,14H,6-8H2,(H,15,16);1H. The van der Waals surface area contributed by atoms with Crippen molar-refractivity contribution >= 4 is 39.7 Å². The van der Waals surface area contributed by atoms with Gasteiger partial charge in [0.2, 0.25) is 0 Å². The van der Waals surface area contributed by atoms with Crippen LogP contribution in [0.5, 0.6) is 0 Å². The molecule has 96 valence electrons. The molecule has 1 fully saturated rings. The van der Waals surface area contributed by atoms with Gasteiger partial charge >= 0.3 is 0 Å². The second-order valence-electron chi connectivity index (χ2n) is 4.41. The van der Waals surface area contributed by atoms with Crippen LogP contribution in [-0.2, 0) is 0 Å². The van der Waals surface area contributed by atoms with Crippen LogP contribution in [-0.4, -0.2) is 25.5 Å². The molecule has 0 radical (unpaired) electrons. The van der Waals surface area contributed by atoms with Crippen LogP contribution >= 0.6 is 23.7 Å². The van der Waals surface area contributed by atoms with Gasteiger partial charge in [0.1, 0.15) is 0 Å². The van der Waals surface area contributed by atoms with Crippen molar-refractivity contribution in [2.45, 2.75) is 0 Å². The van der Waals surface area contributed by atoms with Crippen molar-refractivity contribution in [3.8, 4) is 0 Å². The lowest BCUT2D eigenvalue weighted by Gasteiger charge is -2.27. The summed E-state index contributed by atoms with van der Waals surface area (Å²) in [6, 6.07) is 7.92. The Hall–Kier alpha value is -1.10. The highest BCUT2D eigenvalue weighted by molar-refractivity contribution is 7.17. The van der Waals surface area contributed by atoms with E-state index in [1.54, 1.807) is 11.3 Å².